The number of aromatic nitrogens is 5. The van der Waals surface area contributed by atoms with Gasteiger partial charge in [0.15, 0.2) is 0 Å². The summed E-state index contributed by atoms with van der Waals surface area (Å²) in [4.78, 5) is 34.8. The summed E-state index contributed by atoms with van der Waals surface area (Å²) in [7, 11) is 0. The Morgan fingerprint density at radius 3 is 2.78 bits per heavy atom. The molecule has 37 heavy (non-hydrogen) atoms. The van der Waals surface area contributed by atoms with Gasteiger partial charge in [-0.1, -0.05) is 5.21 Å². The summed E-state index contributed by atoms with van der Waals surface area (Å²) in [6.07, 6.45) is 5.83. The van der Waals surface area contributed by atoms with Crippen LogP contribution in [0.4, 0.5) is 10.2 Å². The lowest BCUT2D eigenvalue weighted by Gasteiger charge is -2.25. The number of benzene rings is 1. The maximum atomic E-state index is 13.5. The number of hydrogen-bond donors (Lipinski definition) is 3. The minimum Gasteiger partial charge on any atom is -0.384 e. The van der Waals surface area contributed by atoms with Crippen molar-refractivity contribution in [1.29, 1.82) is 0 Å². The molecular weight excluding hydrogens is 495 g/mol. The van der Waals surface area contributed by atoms with Crippen molar-refractivity contribution in [3.05, 3.63) is 65.2 Å². The van der Waals surface area contributed by atoms with Gasteiger partial charge >= 0.3 is 0 Å². The molecule has 3 heterocycles. The lowest BCUT2D eigenvalue weighted by Crippen LogP contribution is -2.37. The molecule has 2 unspecified atom stereocenters. The van der Waals surface area contributed by atoms with Crippen LogP contribution in [0.25, 0.3) is 21.8 Å². The van der Waals surface area contributed by atoms with Crippen LogP contribution in [0, 0.1) is 5.82 Å². The monoisotopic (exact) mass is 520 g/mol. The van der Waals surface area contributed by atoms with Crippen molar-refractivity contribution in [2.45, 2.75) is 44.2 Å². The number of anilines is 1. The Morgan fingerprint density at radius 1 is 1.22 bits per heavy atom. The molecule has 190 valence electrons. The Morgan fingerprint density at radius 2 is 2.03 bits per heavy atom. The van der Waals surface area contributed by atoms with Crippen LogP contribution in [0.1, 0.15) is 48.3 Å². The van der Waals surface area contributed by atoms with Crippen LogP contribution in [0.5, 0.6) is 0 Å². The number of carbonyl (C=O) groups excluding carboxylic acids is 2. The van der Waals surface area contributed by atoms with Crippen molar-refractivity contribution in [3.63, 3.8) is 0 Å². The van der Waals surface area contributed by atoms with Gasteiger partial charge in [-0.3, -0.25) is 9.59 Å². The van der Waals surface area contributed by atoms with E-state index in [1.54, 1.807) is 36.7 Å². The molecule has 5 rings (SSSR count). The van der Waals surface area contributed by atoms with Crippen LogP contribution in [0.3, 0.4) is 0 Å². The van der Waals surface area contributed by atoms with Crippen molar-refractivity contribution >= 4 is 29.0 Å². The topological polar surface area (TPSA) is 155 Å². The number of halogens is 1. The molecule has 0 saturated carbocycles. The molecule has 0 spiro atoms. The summed E-state index contributed by atoms with van der Waals surface area (Å²) in [6, 6.07) is 8.60. The van der Waals surface area contributed by atoms with Crippen LogP contribution in [-0.2, 0) is 16.0 Å². The highest BCUT2D eigenvalue weighted by molar-refractivity contribution is 7.15. The van der Waals surface area contributed by atoms with Crippen LogP contribution in [0.2, 0.25) is 0 Å². The van der Waals surface area contributed by atoms with Gasteiger partial charge in [-0.2, -0.15) is 0 Å². The number of primary amides is 1. The standard InChI is InChI=1S/C25H25FN8O2S/c26-16-6-4-14(5-7-16)25-31-18-3-1-2-17(23(18)37-25)30-24(36)20(8-9-22(28)35)34-13-19(32-33-34)15-10-11-29-21(27)12-15/h4-7,10-13,17,20H,1-3,8-9H2,(H2,27,29)(H2,28,35)(H,30,36). The third kappa shape index (κ3) is 5.48. The van der Waals surface area contributed by atoms with E-state index in [1.165, 1.54) is 28.2 Å². The zero-order valence-corrected chi connectivity index (χ0v) is 20.6. The molecule has 1 aliphatic carbocycles. The highest BCUT2D eigenvalue weighted by Crippen LogP contribution is 2.38. The van der Waals surface area contributed by atoms with E-state index in [1.807, 2.05) is 0 Å². The molecule has 1 aromatic carbocycles. The highest BCUT2D eigenvalue weighted by atomic mass is 32.1. The zero-order valence-electron chi connectivity index (χ0n) is 19.8. The molecule has 5 N–H and O–H groups in total. The third-order valence-electron chi connectivity index (χ3n) is 6.23. The molecule has 0 bridgehead atoms. The fourth-order valence-corrected chi connectivity index (χ4v) is 5.58. The molecule has 10 nitrogen and oxygen atoms in total. The molecule has 0 aliphatic heterocycles. The van der Waals surface area contributed by atoms with Crippen LogP contribution >= 0.6 is 11.3 Å². The van der Waals surface area contributed by atoms with Gasteiger partial charge in [0.2, 0.25) is 11.8 Å². The number of rotatable bonds is 8. The first-order chi connectivity index (χ1) is 17.9. The van der Waals surface area contributed by atoms with Crippen LogP contribution < -0.4 is 16.8 Å². The number of aryl methyl sites for hydroxylation is 1. The normalized spacial score (nSPS) is 15.6. The van der Waals surface area contributed by atoms with E-state index in [4.69, 9.17) is 16.5 Å². The van der Waals surface area contributed by atoms with E-state index < -0.39 is 11.9 Å². The molecule has 4 aromatic rings. The number of nitrogen functional groups attached to an aromatic ring is 1. The molecule has 0 fully saturated rings. The van der Waals surface area contributed by atoms with Gasteiger partial charge in [-0.05, 0) is 62.1 Å². The Bertz CT molecular complexity index is 1430. The van der Waals surface area contributed by atoms with E-state index in [9.17, 15) is 14.0 Å². The number of amides is 2. The van der Waals surface area contributed by atoms with E-state index in [-0.39, 0.29) is 30.6 Å². The van der Waals surface area contributed by atoms with Crippen LogP contribution in [0.15, 0.2) is 48.8 Å². The SMILES string of the molecule is NC(=O)CCC(C(=O)NC1CCCc2nc(-c3ccc(F)cc3)sc21)n1cc(-c2ccnc(N)c2)nn1. The van der Waals surface area contributed by atoms with E-state index in [0.29, 0.717) is 17.1 Å². The highest BCUT2D eigenvalue weighted by Gasteiger charge is 2.30. The molecule has 0 radical (unpaired) electrons. The first-order valence-electron chi connectivity index (χ1n) is 11.9. The van der Waals surface area contributed by atoms with Gasteiger partial charge in [0.25, 0.3) is 0 Å². The van der Waals surface area contributed by atoms with Gasteiger partial charge in [0.1, 0.15) is 28.4 Å². The second-order valence-corrected chi connectivity index (χ2v) is 9.89. The number of pyridine rings is 1. The number of nitrogens with zero attached hydrogens (tertiary/aromatic N) is 5. The molecular formula is C25H25FN8O2S. The Labute approximate surface area is 215 Å². The second kappa shape index (κ2) is 10.4. The number of carbonyl (C=O) groups is 2. The van der Waals surface area contributed by atoms with Gasteiger partial charge in [0, 0.05) is 23.7 Å². The number of nitrogens with two attached hydrogens (primary N) is 2. The van der Waals surface area contributed by atoms with Gasteiger partial charge in [0.05, 0.1) is 22.8 Å². The van der Waals surface area contributed by atoms with Gasteiger partial charge in [-0.15, -0.1) is 16.4 Å². The molecule has 12 heteroatoms. The van der Waals surface area contributed by atoms with E-state index in [0.717, 1.165) is 40.4 Å². The van der Waals surface area contributed by atoms with E-state index in [2.05, 4.69) is 20.6 Å². The number of thiazole rings is 1. The molecule has 2 atom stereocenters. The predicted molar refractivity (Wildman–Crippen MR) is 136 cm³/mol. The zero-order chi connectivity index (χ0) is 25.9. The minimum absolute atomic E-state index is 0.0146. The summed E-state index contributed by atoms with van der Waals surface area (Å²) in [5, 5.41) is 12.3. The summed E-state index contributed by atoms with van der Waals surface area (Å²) in [5.41, 5.74) is 14.2. The van der Waals surface area contributed by atoms with Crippen molar-refractivity contribution < 1.29 is 14.0 Å². The first-order valence-corrected chi connectivity index (χ1v) is 12.7. The number of fused-ring (bicyclic) bond motifs is 1. The maximum Gasteiger partial charge on any atom is 0.245 e. The smallest absolute Gasteiger partial charge is 0.245 e. The van der Waals surface area contributed by atoms with Crippen molar-refractivity contribution in [2.75, 3.05) is 5.73 Å². The number of hydrogen-bond acceptors (Lipinski definition) is 8. The third-order valence-corrected chi connectivity index (χ3v) is 7.49. The second-order valence-electron chi connectivity index (χ2n) is 8.86. The van der Waals surface area contributed by atoms with Crippen molar-refractivity contribution in [3.8, 4) is 21.8 Å². The number of nitrogens with one attached hydrogen (secondary N) is 1. The van der Waals surface area contributed by atoms with Crippen molar-refractivity contribution in [2.24, 2.45) is 5.73 Å². The van der Waals surface area contributed by atoms with Gasteiger partial charge < -0.3 is 16.8 Å². The first kappa shape index (κ1) is 24.5. The summed E-state index contributed by atoms with van der Waals surface area (Å²) in [6.45, 7) is 0. The summed E-state index contributed by atoms with van der Waals surface area (Å²) >= 11 is 1.50. The van der Waals surface area contributed by atoms with Crippen molar-refractivity contribution in [1.82, 2.24) is 30.3 Å². The summed E-state index contributed by atoms with van der Waals surface area (Å²) < 4.78 is 14.8. The average Bonchev–Trinajstić information content (AvgIpc) is 3.53. The summed E-state index contributed by atoms with van der Waals surface area (Å²) in [5.74, 6) is -0.762. The lowest BCUT2D eigenvalue weighted by molar-refractivity contribution is -0.126. The Kier molecular flexibility index (Phi) is 6.91. The molecule has 1 aliphatic rings. The predicted octanol–water partition coefficient (Wildman–Crippen LogP) is 3.19. The van der Waals surface area contributed by atoms with E-state index >= 15 is 0 Å². The Hall–Kier alpha value is -4.19. The minimum atomic E-state index is -0.789. The lowest BCUT2D eigenvalue weighted by atomic mass is 9.97. The average molecular weight is 521 g/mol. The Balaban J connectivity index is 1.38. The molecule has 0 saturated heterocycles. The molecule has 2 amide bonds. The van der Waals surface area contributed by atoms with Gasteiger partial charge in [-0.25, -0.2) is 19.0 Å². The van der Waals surface area contributed by atoms with Crippen LogP contribution in [-0.4, -0.2) is 36.8 Å². The quantitative estimate of drug-likeness (QED) is 0.322. The fourth-order valence-electron chi connectivity index (χ4n) is 4.37. The maximum absolute atomic E-state index is 13.5. The fraction of sp³-hybridized carbons (Fsp3) is 0.280. The molecule has 3 aromatic heterocycles. The largest absolute Gasteiger partial charge is 0.384 e.